The largest absolute Gasteiger partial charge is 0.322 e. The van der Waals surface area contributed by atoms with Gasteiger partial charge in [-0.3, -0.25) is 0 Å². The number of aromatic amines is 1. The summed E-state index contributed by atoms with van der Waals surface area (Å²) in [5.74, 6) is -0.250. The molecule has 0 aliphatic rings. The van der Waals surface area contributed by atoms with Crippen LogP contribution in [-0.2, 0) is 6.42 Å². The minimum atomic E-state index is -0.259. The fourth-order valence-electron chi connectivity index (χ4n) is 1.41. The fraction of sp³-hybridized carbons (Fsp3) is 0.200. The van der Waals surface area contributed by atoms with Crippen LogP contribution in [0.15, 0.2) is 30.5 Å². The normalized spacial score (nSPS) is 12.7. The van der Waals surface area contributed by atoms with E-state index in [1.165, 1.54) is 12.1 Å². The summed E-state index contributed by atoms with van der Waals surface area (Å²) < 4.78 is 12.9. The lowest BCUT2D eigenvalue weighted by Gasteiger charge is -2.07. The first-order valence-electron chi connectivity index (χ1n) is 4.61. The summed E-state index contributed by atoms with van der Waals surface area (Å²) in [5, 5.41) is 10.0. The second-order valence-electron chi connectivity index (χ2n) is 3.34. The Morgan fingerprint density at radius 1 is 1.47 bits per heavy atom. The molecular weight excluding hydrogens is 195 g/mol. The third kappa shape index (κ3) is 2.38. The van der Waals surface area contributed by atoms with Crippen LogP contribution in [0.4, 0.5) is 4.39 Å². The number of nitrogens with one attached hydrogen (secondary N) is 1. The van der Waals surface area contributed by atoms with Crippen molar-refractivity contribution in [2.45, 2.75) is 12.5 Å². The molecule has 2 rings (SSSR count). The van der Waals surface area contributed by atoms with E-state index in [4.69, 9.17) is 5.73 Å². The van der Waals surface area contributed by atoms with Gasteiger partial charge in [0.1, 0.15) is 5.82 Å². The van der Waals surface area contributed by atoms with Crippen molar-refractivity contribution >= 4 is 0 Å². The number of nitrogens with two attached hydrogens (primary N) is 1. The summed E-state index contributed by atoms with van der Waals surface area (Å²) in [4.78, 5) is 0. The van der Waals surface area contributed by atoms with E-state index < -0.39 is 0 Å². The zero-order valence-electron chi connectivity index (χ0n) is 8.02. The molecule has 5 heteroatoms. The minimum Gasteiger partial charge on any atom is -0.322 e. The maximum atomic E-state index is 12.9. The highest BCUT2D eigenvalue weighted by Crippen LogP contribution is 2.13. The Bertz CT molecular complexity index is 427. The molecule has 1 heterocycles. The van der Waals surface area contributed by atoms with Crippen LogP contribution in [0, 0.1) is 5.82 Å². The quantitative estimate of drug-likeness (QED) is 0.792. The molecule has 0 radical (unpaired) electrons. The molecule has 0 aliphatic heterocycles. The van der Waals surface area contributed by atoms with E-state index in [2.05, 4.69) is 15.4 Å². The van der Waals surface area contributed by atoms with E-state index >= 15 is 0 Å². The van der Waals surface area contributed by atoms with Crippen molar-refractivity contribution < 1.29 is 4.39 Å². The monoisotopic (exact) mass is 206 g/mol. The number of hydrogen-bond donors (Lipinski definition) is 2. The number of benzene rings is 1. The second kappa shape index (κ2) is 4.18. The Labute approximate surface area is 86.3 Å². The lowest BCUT2D eigenvalue weighted by Crippen LogP contribution is -2.13. The number of rotatable bonds is 3. The van der Waals surface area contributed by atoms with Crippen molar-refractivity contribution in [1.82, 2.24) is 15.4 Å². The zero-order valence-corrected chi connectivity index (χ0v) is 8.02. The number of aromatic nitrogens is 3. The molecule has 0 spiro atoms. The van der Waals surface area contributed by atoms with Gasteiger partial charge in [0.15, 0.2) is 0 Å². The Kier molecular flexibility index (Phi) is 2.73. The maximum Gasteiger partial charge on any atom is 0.123 e. The third-order valence-electron chi connectivity index (χ3n) is 2.16. The van der Waals surface area contributed by atoms with Crippen LogP contribution >= 0.6 is 0 Å². The van der Waals surface area contributed by atoms with E-state index in [0.29, 0.717) is 12.1 Å². The molecular formula is C10H11FN4. The number of nitrogens with zero attached hydrogens (tertiary/aromatic N) is 2. The first kappa shape index (κ1) is 9.79. The van der Waals surface area contributed by atoms with Gasteiger partial charge in [-0.1, -0.05) is 12.1 Å². The Hall–Kier alpha value is -1.75. The summed E-state index contributed by atoms with van der Waals surface area (Å²) in [6.45, 7) is 0. The van der Waals surface area contributed by atoms with Crippen molar-refractivity contribution in [3.8, 4) is 0 Å². The first-order valence-corrected chi connectivity index (χ1v) is 4.61. The molecule has 1 unspecified atom stereocenters. The van der Waals surface area contributed by atoms with Crippen molar-refractivity contribution in [3.63, 3.8) is 0 Å². The highest BCUT2D eigenvalue weighted by molar-refractivity contribution is 5.19. The van der Waals surface area contributed by atoms with Gasteiger partial charge in [-0.2, -0.15) is 15.4 Å². The van der Waals surface area contributed by atoms with Gasteiger partial charge in [-0.05, 0) is 24.1 Å². The molecule has 0 fully saturated rings. The van der Waals surface area contributed by atoms with Crippen LogP contribution in [0.25, 0.3) is 0 Å². The average molecular weight is 206 g/mol. The molecule has 1 atom stereocenters. The van der Waals surface area contributed by atoms with Gasteiger partial charge in [-0.25, -0.2) is 4.39 Å². The number of hydrogen-bond acceptors (Lipinski definition) is 3. The smallest absolute Gasteiger partial charge is 0.123 e. The molecule has 15 heavy (non-hydrogen) atoms. The first-order chi connectivity index (χ1) is 7.25. The van der Waals surface area contributed by atoms with E-state index in [-0.39, 0.29) is 11.9 Å². The van der Waals surface area contributed by atoms with Crippen LogP contribution in [0.3, 0.4) is 0 Å². The van der Waals surface area contributed by atoms with Gasteiger partial charge < -0.3 is 5.73 Å². The van der Waals surface area contributed by atoms with Crippen LogP contribution in [0.5, 0.6) is 0 Å². The molecule has 0 saturated heterocycles. The van der Waals surface area contributed by atoms with Crippen molar-refractivity contribution in [1.29, 1.82) is 0 Å². The maximum absolute atomic E-state index is 12.9. The summed E-state index contributed by atoms with van der Waals surface area (Å²) in [7, 11) is 0. The molecule has 4 nitrogen and oxygen atoms in total. The number of halogens is 1. The standard InChI is InChI=1S/C10H11FN4/c11-8-3-1-2-7(4-8)5-9(12)10-6-13-15-14-10/h1-4,6,9H,5,12H2,(H,13,14,15). The highest BCUT2D eigenvalue weighted by atomic mass is 19.1. The van der Waals surface area contributed by atoms with Crippen LogP contribution in [-0.4, -0.2) is 15.4 Å². The molecule has 3 N–H and O–H groups in total. The van der Waals surface area contributed by atoms with E-state index in [0.717, 1.165) is 5.56 Å². The fourth-order valence-corrected chi connectivity index (χ4v) is 1.41. The molecule has 0 saturated carbocycles. The summed E-state index contributed by atoms with van der Waals surface area (Å²) >= 11 is 0. The van der Waals surface area contributed by atoms with Crippen LogP contribution < -0.4 is 5.73 Å². The van der Waals surface area contributed by atoms with Gasteiger partial charge >= 0.3 is 0 Å². The summed E-state index contributed by atoms with van der Waals surface area (Å²) in [6.07, 6.45) is 2.12. The highest BCUT2D eigenvalue weighted by Gasteiger charge is 2.09. The predicted octanol–water partition coefficient (Wildman–Crippen LogP) is 1.19. The minimum absolute atomic E-state index is 0.250. The average Bonchev–Trinajstić information content (AvgIpc) is 2.70. The SMILES string of the molecule is NC(Cc1cccc(F)c1)c1cn[nH]n1. The molecule has 0 aliphatic carbocycles. The third-order valence-corrected chi connectivity index (χ3v) is 2.16. The molecule has 2 aromatic rings. The molecule has 0 bridgehead atoms. The molecule has 78 valence electrons. The van der Waals surface area contributed by atoms with Crippen LogP contribution in [0.2, 0.25) is 0 Å². The molecule has 1 aromatic carbocycles. The van der Waals surface area contributed by atoms with Gasteiger partial charge in [0.25, 0.3) is 0 Å². The van der Waals surface area contributed by atoms with Gasteiger partial charge in [0, 0.05) is 0 Å². The van der Waals surface area contributed by atoms with E-state index in [1.807, 2.05) is 6.07 Å². The van der Waals surface area contributed by atoms with Crippen molar-refractivity contribution in [2.24, 2.45) is 5.73 Å². The van der Waals surface area contributed by atoms with Crippen molar-refractivity contribution in [3.05, 3.63) is 47.5 Å². The molecule has 0 amide bonds. The summed E-state index contributed by atoms with van der Waals surface area (Å²) in [6, 6.07) is 6.12. The van der Waals surface area contributed by atoms with Gasteiger partial charge in [0.2, 0.25) is 0 Å². The van der Waals surface area contributed by atoms with Crippen LogP contribution in [0.1, 0.15) is 17.3 Å². The van der Waals surface area contributed by atoms with Gasteiger partial charge in [-0.15, -0.1) is 0 Å². The lowest BCUT2D eigenvalue weighted by atomic mass is 10.0. The topological polar surface area (TPSA) is 67.6 Å². The second-order valence-corrected chi connectivity index (χ2v) is 3.34. The lowest BCUT2D eigenvalue weighted by molar-refractivity contribution is 0.620. The van der Waals surface area contributed by atoms with E-state index in [9.17, 15) is 4.39 Å². The van der Waals surface area contributed by atoms with Gasteiger partial charge in [0.05, 0.1) is 17.9 Å². The summed E-state index contributed by atoms with van der Waals surface area (Å²) in [5.41, 5.74) is 7.41. The molecule has 1 aromatic heterocycles. The van der Waals surface area contributed by atoms with E-state index in [1.54, 1.807) is 12.3 Å². The Morgan fingerprint density at radius 2 is 2.33 bits per heavy atom. The zero-order chi connectivity index (χ0) is 10.7. The Morgan fingerprint density at radius 3 is 3.00 bits per heavy atom. The van der Waals surface area contributed by atoms with Crippen molar-refractivity contribution in [2.75, 3.05) is 0 Å². The Balaban J connectivity index is 2.09. The number of H-pyrrole nitrogens is 1. The predicted molar refractivity (Wildman–Crippen MR) is 53.4 cm³/mol.